The predicted molar refractivity (Wildman–Crippen MR) is 91.0 cm³/mol. The summed E-state index contributed by atoms with van der Waals surface area (Å²) in [7, 11) is 0. The van der Waals surface area contributed by atoms with Crippen molar-refractivity contribution < 1.29 is 4.79 Å². The number of benzene rings is 1. The third-order valence-electron chi connectivity index (χ3n) is 4.90. The molecule has 23 heavy (non-hydrogen) atoms. The van der Waals surface area contributed by atoms with Crippen molar-refractivity contribution in [3.63, 3.8) is 0 Å². The Bertz CT molecular complexity index is 745. The van der Waals surface area contributed by atoms with Gasteiger partial charge in [-0.05, 0) is 11.6 Å². The second-order valence-electron chi connectivity index (χ2n) is 6.69. The van der Waals surface area contributed by atoms with E-state index in [1.807, 2.05) is 35.4 Å². The quantitative estimate of drug-likeness (QED) is 0.922. The van der Waals surface area contributed by atoms with Crippen molar-refractivity contribution in [2.45, 2.75) is 6.92 Å². The molecule has 0 radical (unpaired) electrons. The number of nitrogens with two attached hydrogens (primary N) is 1. The fourth-order valence-corrected chi connectivity index (χ4v) is 3.68. The van der Waals surface area contributed by atoms with Crippen molar-refractivity contribution in [2.75, 3.05) is 36.8 Å². The van der Waals surface area contributed by atoms with Gasteiger partial charge in [-0.1, -0.05) is 30.3 Å². The normalized spacial score (nSPS) is 18.5. The average Bonchev–Trinajstić information content (AvgIpc) is 2.46. The SMILES string of the molecule is CC(=O)N1CC2(C1)CN(c1nccc(-c3ccccc3)c1N)C2. The molecule has 2 aromatic rings. The molecule has 2 aliphatic heterocycles. The zero-order valence-corrected chi connectivity index (χ0v) is 13.2. The maximum absolute atomic E-state index is 11.3. The van der Waals surface area contributed by atoms with Crippen molar-refractivity contribution in [3.8, 4) is 11.1 Å². The molecule has 1 aromatic carbocycles. The van der Waals surface area contributed by atoms with Gasteiger partial charge in [0.25, 0.3) is 0 Å². The fourth-order valence-electron chi connectivity index (χ4n) is 3.68. The summed E-state index contributed by atoms with van der Waals surface area (Å²) in [5.41, 5.74) is 9.50. The highest BCUT2D eigenvalue weighted by Crippen LogP contribution is 2.44. The maximum atomic E-state index is 11.3. The molecule has 2 aliphatic rings. The van der Waals surface area contributed by atoms with Crippen LogP contribution in [-0.4, -0.2) is 42.0 Å². The van der Waals surface area contributed by atoms with Crippen LogP contribution in [-0.2, 0) is 4.79 Å². The lowest BCUT2D eigenvalue weighted by Crippen LogP contribution is -2.73. The first-order valence-corrected chi connectivity index (χ1v) is 7.88. The van der Waals surface area contributed by atoms with Crippen LogP contribution in [0.3, 0.4) is 0 Å². The Hall–Kier alpha value is -2.56. The maximum Gasteiger partial charge on any atom is 0.219 e. The van der Waals surface area contributed by atoms with E-state index in [-0.39, 0.29) is 11.3 Å². The minimum Gasteiger partial charge on any atom is -0.395 e. The fraction of sp³-hybridized carbons (Fsp3) is 0.333. The van der Waals surface area contributed by atoms with E-state index >= 15 is 0 Å². The second kappa shape index (κ2) is 4.98. The lowest BCUT2D eigenvalue weighted by atomic mass is 9.72. The van der Waals surface area contributed by atoms with Gasteiger partial charge in [0.15, 0.2) is 5.82 Å². The highest BCUT2D eigenvalue weighted by atomic mass is 16.2. The number of hydrogen-bond acceptors (Lipinski definition) is 4. The standard InChI is InChI=1S/C18H20N4O/c1-13(23)21-9-18(10-21)11-22(12-18)17-16(19)15(7-8-20-17)14-5-3-2-4-6-14/h2-8H,9-12,19H2,1H3. The van der Waals surface area contributed by atoms with E-state index in [9.17, 15) is 4.79 Å². The Morgan fingerprint density at radius 1 is 1.13 bits per heavy atom. The van der Waals surface area contributed by atoms with Crippen molar-refractivity contribution in [2.24, 2.45) is 5.41 Å². The lowest BCUT2D eigenvalue weighted by molar-refractivity contribution is -0.142. The highest BCUT2D eigenvalue weighted by Gasteiger charge is 2.53. The molecule has 0 aliphatic carbocycles. The first-order valence-electron chi connectivity index (χ1n) is 7.88. The number of likely N-dealkylation sites (tertiary alicyclic amines) is 1. The summed E-state index contributed by atoms with van der Waals surface area (Å²) in [6.45, 7) is 5.19. The number of nitrogen functional groups attached to an aromatic ring is 1. The number of carbonyl (C=O) groups excluding carboxylic acids is 1. The molecular weight excluding hydrogens is 288 g/mol. The minimum atomic E-state index is 0.165. The first kappa shape index (κ1) is 14.1. The molecule has 4 rings (SSSR count). The Labute approximate surface area is 135 Å². The molecule has 3 heterocycles. The topological polar surface area (TPSA) is 62.5 Å². The average molecular weight is 308 g/mol. The summed E-state index contributed by atoms with van der Waals surface area (Å²) in [4.78, 5) is 19.9. The van der Waals surface area contributed by atoms with Gasteiger partial charge in [-0.2, -0.15) is 0 Å². The molecule has 5 heteroatoms. The Morgan fingerprint density at radius 2 is 1.83 bits per heavy atom. The summed E-state index contributed by atoms with van der Waals surface area (Å²) in [6.07, 6.45) is 1.82. The van der Waals surface area contributed by atoms with E-state index in [1.165, 1.54) is 0 Å². The van der Waals surface area contributed by atoms with Crippen molar-refractivity contribution in [3.05, 3.63) is 42.6 Å². The number of aromatic nitrogens is 1. The van der Waals surface area contributed by atoms with E-state index in [0.717, 1.165) is 48.8 Å². The summed E-state index contributed by atoms with van der Waals surface area (Å²) in [5.74, 6) is 1.02. The van der Waals surface area contributed by atoms with Gasteiger partial charge < -0.3 is 15.5 Å². The van der Waals surface area contributed by atoms with Crippen LogP contribution in [0.4, 0.5) is 11.5 Å². The van der Waals surface area contributed by atoms with E-state index in [4.69, 9.17) is 5.73 Å². The van der Waals surface area contributed by atoms with Crippen LogP contribution in [0.1, 0.15) is 6.92 Å². The van der Waals surface area contributed by atoms with Gasteiger partial charge >= 0.3 is 0 Å². The molecular formula is C18H20N4O. The molecule has 2 saturated heterocycles. The molecule has 118 valence electrons. The molecule has 0 atom stereocenters. The van der Waals surface area contributed by atoms with Gasteiger partial charge in [-0.15, -0.1) is 0 Å². The van der Waals surface area contributed by atoms with E-state index in [1.54, 1.807) is 6.92 Å². The molecule has 0 unspecified atom stereocenters. The van der Waals surface area contributed by atoms with Crippen molar-refractivity contribution in [1.29, 1.82) is 0 Å². The number of nitrogens with zero attached hydrogens (tertiary/aromatic N) is 3. The number of hydrogen-bond donors (Lipinski definition) is 1. The second-order valence-corrected chi connectivity index (χ2v) is 6.69. The number of rotatable bonds is 2. The van der Waals surface area contributed by atoms with Crippen LogP contribution in [0, 0.1) is 5.41 Å². The van der Waals surface area contributed by atoms with Crippen LogP contribution in [0.15, 0.2) is 42.6 Å². The minimum absolute atomic E-state index is 0.165. The van der Waals surface area contributed by atoms with Gasteiger partial charge in [0.05, 0.1) is 5.69 Å². The van der Waals surface area contributed by atoms with Crippen LogP contribution in [0.2, 0.25) is 0 Å². The van der Waals surface area contributed by atoms with E-state index in [0.29, 0.717) is 0 Å². The Morgan fingerprint density at radius 3 is 2.48 bits per heavy atom. The van der Waals surface area contributed by atoms with Gasteiger partial charge in [0.2, 0.25) is 5.91 Å². The third kappa shape index (κ3) is 2.23. The largest absolute Gasteiger partial charge is 0.395 e. The smallest absolute Gasteiger partial charge is 0.219 e. The third-order valence-corrected chi connectivity index (χ3v) is 4.90. The van der Waals surface area contributed by atoms with Crippen LogP contribution < -0.4 is 10.6 Å². The van der Waals surface area contributed by atoms with E-state index < -0.39 is 0 Å². The Kier molecular flexibility index (Phi) is 3.04. The molecule has 1 spiro atoms. The monoisotopic (exact) mass is 308 g/mol. The zero-order chi connectivity index (χ0) is 16.0. The number of carbonyl (C=O) groups is 1. The molecule has 0 saturated carbocycles. The number of pyridine rings is 1. The molecule has 0 bridgehead atoms. The first-order chi connectivity index (χ1) is 11.1. The molecule has 1 amide bonds. The molecule has 1 aromatic heterocycles. The van der Waals surface area contributed by atoms with Crippen LogP contribution >= 0.6 is 0 Å². The zero-order valence-electron chi connectivity index (χ0n) is 13.2. The predicted octanol–water partition coefficient (Wildman–Crippen LogP) is 2.00. The summed E-state index contributed by atoms with van der Waals surface area (Å²) in [5, 5.41) is 0. The van der Waals surface area contributed by atoms with Crippen LogP contribution in [0.5, 0.6) is 0 Å². The molecule has 2 fully saturated rings. The van der Waals surface area contributed by atoms with Crippen molar-refractivity contribution in [1.82, 2.24) is 9.88 Å². The lowest BCUT2D eigenvalue weighted by Gasteiger charge is -2.60. The Balaban J connectivity index is 1.53. The van der Waals surface area contributed by atoms with Gasteiger partial charge in [-0.3, -0.25) is 4.79 Å². The van der Waals surface area contributed by atoms with Gasteiger partial charge in [0, 0.05) is 50.3 Å². The number of amides is 1. The van der Waals surface area contributed by atoms with Gasteiger partial charge in [-0.25, -0.2) is 4.98 Å². The highest BCUT2D eigenvalue weighted by molar-refractivity contribution is 5.84. The van der Waals surface area contributed by atoms with Gasteiger partial charge in [0.1, 0.15) is 0 Å². The summed E-state index contributed by atoms with van der Waals surface area (Å²) < 4.78 is 0. The summed E-state index contributed by atoms with van der Waals surface area (Å²) >= 11 is 0. The van der Waals surface area contributed by atoms with Crippen molar-refractivity contribution >= 4 is 17.4 Å². The summed E-state index contributed by atoms with van der Waals surface area (Å²) in [6, 6.07) is 12.1. The van der Waals surface area contributed by atoms with Crippen LogP contribution in [0.25, 0.3) is 11.1 Å². The van der Waals surface area contributed by atoms with E-state index in [2.05, 4.69) is 22.0 Å². The number of anilines is 2. The molecule has 5 nitrogen and oxygen atoms in total. The molecule has 2 N–H and O–H groups in total.